The third-order valence-corrected chi connectivity index (χ3v) is 5.52. The van der Waals surface area contributed by atoms with Crippen molar-refractivity contribution in [2.45, 2.75) is 24.2 Å². The number of piperidine rings is 1. The van der Waals surface area contributed by atoms with Gasteiger partial charge < -0.3 is 5.73 Å². The Labute approximate surface area is 120 Å². The van der Waals surface area contributed by atoms with Crippen LogP contribution in [0.25, 0.3) is 0 Å². The van der Waals surface area contributed by atoms with Crippen LogP contribution in [0.3, 0.4) is 0 Å². The van der Waals surface area contributed by atoms with Crippen LogP contribution in [-0.4, -0.2) is 32.4 Å². The molecule has 2 rings (SSSR count). The summed E-state index contributed by atoms with van der Waals surface area (Å²) in [6.07, 6.45) is 2.74. The van der Waals surface area contributed by atoms with Crippen LogP contribution in [0, 0.1) is 17.2 Å². The Kier molecular flexibility index (Phi) is 4.76. The van der Waals surface area contributed by atoms with Gasteiger partial charge in [-0.3, -0.25) is 0 Å². The van der Waals surface area contributed by atoms with E-state index in [4.69, 9.17) is 11.0 Å². The van der Waals surface area contributed by atoms with Crippen LogP contribution in [-0.2, 0) is 10.0 Å². The topological polar surface area (TPSA) is 87.2 Å². The summed E-state index contributed by atoms with van der Waals surface area (Å²) in [6, 6.07) is 8.16. The average molecular weight is 293 g/mol. The highest BCUT2D eigenvalue weighted by Gasteiger charge is 2.29. The van der Waals surface area contributed by atoms with Crippen LogP contribution in [0.4, 0.5) is 0 Å². The predicted octanol–water partition coefficient (Wildman–Crippen LogP) is 1.31. The molecule has 108 valence electrons. The second kappa shape index (κ2) is 6.35. The van der Waals surface area contributed by atoms with Crippen molar-refractivity contribution in [1.29, 1.82) is 5.26 Å². The first kappa shape index (κ1) is 15.0. The molecule has 0 aromatic heterocycles. The largest absolute Gasteiger partial charge is 0.330 e. The molecule has 1 atom stereocenters. The van der Waals surface area contributed by atoms with Crippen molar-refractivity contribution < 1.29 is 8.42 Å². The lowest BCUT2D eigenvalue weighted by Crippen LogP contribution is -2.40. The molecule has 0 saturated carbocycles. The highest BCUT2D eigenvalue weighted by atomic mass is 32.2. The van der Waals surface area contributed by atoms with E-state index < -0.39 is 10.0 Å². The molecule has 0 bridgehead atoms. The highest BCUT2D eigenvalue weighted by Crippen LogP contribution is 2.25. The third-order valence-electron chi connectivity index (χ3n) is 3.66. The Hall–Kier alpha value is -1.42. The maximum Gasteiger partial charge on any atom is 0.243 e. The van der Waals surface area contributed by atoms with Crippen molar-refractivity contribution >= 4 is 10.0 Å². The molecular formula is C14H19N3O2S. The van der Waals surface area contributed by atoms with E-state index in [9.17, 15) is 8.42 Å². The zero-order chi connectivity index (χ0) is 14.6. The maximum atomic E-state index is 12.6. The minimum absolute atomic E-state index is 0.199. The minimum atomic E-state index is -3.50. The number of rotatable bonds is 4. The minimum Gasteiger partial charge on any atom is -0.330 e. The monoisotopic (exact) mass is 293 g/mol. The Balaban J connectivity index is 2.23. The van der Waals surface area contributed by atoms with Crippen LogP contribution < -0.4 is 5.73 Å². The van der Waals surface area contributed by atoms with Gasteiger partial charge in [-0.15, -0.1) is 0 Å². The molecule has 1 fully saturated rings. The van der Waals surface area contributed by atoms with E-state index in [-0.39, 0.29) is 4.90 Å². The van der Waals surface area contributed by atoms with Crippen LogP contribution in [0.5, 0.6) is 0 Å². The summed E-state index contributed by atoms with van der Waals surface area (Å²) < 4.78 is 26.7. The quantitative estimate of drug-likeness (QED) is 0.906. The predicted molar refractivity (Wildman–Crippen MR) is 76.3 cm³/mol. The first-order valence-corrected chi connectivity index (χ1v) is 8.22. The van der Waals surface area contributed by atoms with Crippen molar-refractivity contribution in [3.8, 4) is 6.07 Å². The molecule has 0 amide bonds. The molecule has 1 aliphatic rings. The Morgan fingerprint density at radius 2 is 2.25 bits per heavy atom. The Morgan fingerprint density at radius 3 is 2.95 bits per heavy atom. The van der Waals surface area contributed by atoms with Gasteiger partial charge in [0, 0.05) is 13.1 Å². The first-order valence-electron chi connectivity index (χ1n) is 6.78. The van der Waals surface area contributed by atoms with Gasteiger partial charge in [-0.25, -0.2) is 8.42 Å². The average Bonchev–Trinajstić information content (AvgIpc) is 2.48. The molecule has 1 saturated heterocycles. The van der Waals surface area contributed by atoms with E-state index >= 15 is 0 Å². The standard InChI is InChI=1S/C14H19N3O2S/c15-7-6-12-4-2-8-17(11-12)20(18,19)14-5-1-3-13(9-14)10-16/h1,3,5,9,12H,2,4,6-8,11,15H2. The molecule has 1 aliphatic heterocycles. The van der Waals surface area contributed by atoms with E-state index in [1.165, 1.54) is 10.4 Å². The molecule has 1 unspecified atom stereocenters. The summed E-state index contributed by atoms with van der Waals surface area (Å²) in [7, 11) is -3.50. The number of hydrogen-bond acceptors (Lipinski definition) is 4. The molecule has 0 spiro atoms. The van der Waals surface area contributed by atoms with Crippen molar-refractivity contribution in [3.05, 3.63) is 29.8 Å². The fourth-order valence-corrected chi connectivity index (χ4v) is 4.19. The van der Waals surface area contributed by atoms with Gasteiger partial charge in [0.25, 0.3) is 0 Å². The van der Waals surface area contributed by atoms with Crippen LogP contribution >= 0.6 is 0 Å². The molecule has 0 radical (unpaired) electrons. The smallest absolute Gasteiger partial charge is 0.243 e. The van der Waals surface area contributed by atoms with Crippen LogP contribution in [0.15, 0.2) is 29.2 Å². The molecule has 20 heavy (non-hydrogen) atoms. The van der Waals surface area contributed by atoms with Gasteiger partial charge in [0.2, 0.25) is 10.0 Å². The van der Waals surface area contributed by atoms with Gasteiger partial charge in [0.15, 0.2) is 0 Å². The number of sulfonamides is 1. The summed E-state index contributed by atoms with van der Waals surface area (Å²) in [5.41, 5.74) is 5.92. The van der Waals surface area contributed by atoms with Crippen LogP contribution in [0.1, 0.15) is 24.8 Å². The number of nitriles is 1. The number of hydrogen-bond donors (Lipinski definition) is 1. The molecule has 5 nitrogen and oxygen atoms in total. The molecule has 1 aromatic rings. The van der Waals surface area contributed by atoms with Crippen molar-refractivity contribution in [2.75, 3.05) is 19.6 Å². The fraction of sp³-hybridized carbons (Fsp3) is 0.500. The van der Waals surface area contributed by atoms with Crippen molar-refractivity contribution in [3.63, 3.8) is 0 Å². The first-order chi connectivity index (χ1) is 9.57. The normalized spacial score (nSPS) is 20.5. The number of nitrogens with two attached hydrogens (primary N) is 1. The van der Waals surface area contributed by atoms with E-state index in [1.54, 1.807) is 18.2 Å². The summed E-state index contributed by atoms with van der Waals surface area (Å²) >= 11 is 0. The third kappa shape index (κ3) is 3.18. The number of benzene rings is 1. The van der Waals surface area contributed by atoms with Crippen LogP contribution in [0.2, 0.25) is 0 Å². The second-order valence-corrected chi connectivity index (χ2v) is 7.03. The lowest BCUT2D eigenvalue weighted by atomic mass is 9.96. The molecule has 0 aliphatic carbocycles. The summed E-state index contributed by atoms with van der Waals surface area (Å²) in [4.78, 5) is 0.199. The van der Waals surface area contributed by atoms with Gasteiger partial charge in [0.05, 0.1) is 16.5 Å². The lowest BCUT2D eigenvalue weighted by Gasteiger charge is -2.31. The molecule has 1 heterocycles. The number of nitrogens with zero attached hydrogens (tertiary/aromatic N) is 2. The van der Waals surface area contributed by atoms with Crippen molar-refractivity contribution in [2.24, 2.45) is 11.7 Å². The maximum absolute atomic E-state index is 12.6. The zero-order valence-electron chi connectivity index (χ0n) is 11.3. The SMILES string of the molecule is N#Cc1cccc(S(=O)(=O)N2CCCC(CCN)C2)c1. The lowest BCUT2D eigenvalue weighted by molar-refractivity contribution is 0.258. The van der Waals surface area contributed by atoms with E-state index in [0.29, 0.717) is 31.1 Å². The fourth-order valence-electron chi connectivity index (χ4n) is 2.59. The molecule has 2 N–H and O–H groups in total. The summed E-state index contributed by atoms with van der Waals surface area (Å²) in [6.45, 7) is 1.65. The van der Waals surface area contributed by atoms with E-state index in [0.717, 1.165) is 19.3 Å². The molecule has 6 heteroatoms. The van der Waals surface area contributed by atoms with Gasteiger partial charge in [-0.2, -0.15) is 9.57 Å². The van der Waals surface area contributed by atoms with E-state index in [1.807, 2.05) is 6.07 Å². The second-order valence-electron chi connectivity index (χ2n) is 5.09. The Morgan fingerprint density at radius 1 is 1.45 bits per heavy atom. The summed E-state index contributed by atoms with van der Waals surface area (Å²) in [5, 5.41) is 8.88. The Bertz CT molecular complexity index is 605. The van der Waals surface area contributed by atoms with Gasteiger partial charge in [0.1, 0.15) is 0 Å². The van der Waals surface area contributed by atoms with Gasteiger partial charge >= 0.3 is 0 Å². The van der Waals surface area contributed by atoms with Crippen molar-refractivity contribution in [1.82, 2.24) is 4.31 Å². The zero-order valence-corrected chi connectivity index (χ0v) is 12.1. The summed E-state index contributed by atoms with van der Waals surface area (Å²) in [5.74, 6) is 0.336. The molecular weight excluding hydrogens is 274 g/mol. The van der Waals surface area contributed by atoms with Gasteiger partial charge in [-0.05, 0) is 49.9 Å². The van der Waals surface area contributed by atoms with Gasteiger partial charge in [-0.1, -0.05) is 6.07 Å². The highest BCUT2D eigenvalue weighted by molar-refractivity contribution is 7.89. The molecule has 1 aromatic carbocycles. The van der Waals surface area contributed by atoms with E-state index in [2.05, 4.69) is 0 Å².